The van der Waals surface area contributed by atoms with Crippen molar-refractivity contribution in [3.05, 3.63) is 41.6 Å². The number of hydrogen-bond donors (Lipinski definition) is 0. The van der Waals surface area contributed by atoms with E-state index in [1.807, 2.05) is 24.8 Å². The van der Waals surface area contributed by atoms with Crippen LogP contribution in [-0.4, -0.2) is 52.2 Å². The summed E-state index contributed by atoms with van der Waals surface area (Å²) >= 11 is 0. The van der Waals surface area contributed by atoms with Crippen LogP contribution in [0, 0.1) is 13.8 Å². The number of ether oxygens (including phenoxy) is 2. The van der Waals surface area contributed by atoms with Crippen molar-refractivity contribution in [2.75, 3.05) is 19.7 Å². The fourth-order valence-corrected chi connectivity index (χ4v) is 4.06. The molecule has 27 heavy (non-hydrogen) atoms. The second-order valence-corrected chi connectivity index (χ2v) is 7.41. The molecule has 0 N–H and O–H groups in total. The van der Waals surface area contributed by atoms with Gasteiger partial charge in [0.1, 0.15) is 17.6 Å². The number of nitrogens with zero attached hydrogens (tertiary/aromatic N) is 3. The molecule has 4 rings (SSSR count). The second kappa shape index (κ2) is 7.31. The third kappa shape index (κ3) is 3.83. The summed E-state index contributed by atoms with van der Waals surface area (Å²) in [4.78, 5) is 23.0. The van der Waals surface area contributed by atoms with E-state index in [2.05, 4.69) is 9.97 Å². The molecule has 0 aliphatic carbocycles. The van der Waals surface area contributed by atoms with Crippen LogP contribution in [0.15, 0.2) is 28.9 Å². The molecule has 1 atom stereocenters. The summed E-state index contributed by atoms with van der Waals surface area (Å²) in [7, 11) is 0. The quantitative estimate of drug-likeness (QED) is 0.826. The van der Waals surface area contributed by atoms with Crippen LogP contribution in [0.4, 0.5) is 0 Å². The Morgan fingerprint density at radius 2 is 2.00 bits per heavy atom. The molecule has 1 spiro atoms. The van der Waals surface area contributed by atoms with Gasteiger partial charge in [-0.3, -0.25) is 4.79 Å². The molecule has 0 radical (unpaired) electrons. The fraction of sp³-hybridized carbons (Fsp3) is 0.550. The molecule has 7 heteroatoms. The molecule has 7 nitrogen and oxygen atoms in total. The Kier molecular flexibility index (Phi) is 4.86. The minimum absolute atomic E-state index is 0.0421. The van der Waals surface area contributed by atoms with Gasteiger partial charge in [-0.15, -0.1) is 0 Å². The summed E-state index contributed by atoms with van der Waals surface area (Å²) in [6.07, 6.45) is 6.66. The van der Waals surface area contributed by atoms with Crippen LogP contribution in [-0.2, 0) is 4.74 Å². The molecule has 1 amide bonds. The maximum atomic E-state index is 12.8. The van der Waals surface area contributed by atoms with E-state index < -0.39 is 0 Å². The normalized spacial score (nSPS) is 22.0. The summed E-state index contributed by atoms with van der Waals surface area (Å²) in [5.74, 6) is 1.49. The van der Waals surface area contributed by atoms with E-state index in [0.717, 1.165) is 31.4 Å². The van der Waals surface area contributed by atoms with Gasteiger partial charge in [-0.05, 0) is 38.8 Å². The van der Waals surface area contributed by atoms with Gasteiger partial charge in [-0.25, -0.2) is 9.97 Å². The van der Waals surface area contributed by atoms with Crippen molar-refractivity contribution in [1.29, 1.82) is 0 Å². The maximum absolute atomic E-state index is 12.8. The lowest BCUT2D eigenvalue weighted by atomic mass is 9.83. The molecule has 2 aromatic rings. The van der Waals surface area contributed by atoms with E-state index in [4.69, 9.17) is 13.9 Å². The monoisotopic (exact) mass is 371 g/mol. The average Bonchev–Trinajstić information content (AvgIpc) is 3.01. The molecule has 0 aromatic carbocycles. The zero-order valence-electron chi connectivity index (χ0n) is 15.8. The Bertz CT molecular complexity index is 797. The van der Waals surface area contributed by atoms with Crippen molar-refractivity contribution in [2.45, 2.75) is 51.2 Å². The first-order valence-corrected chi connectivity index (χ1v) is 9.49. The van der Waals surface area contributed by atoms with Gasteiger partial charge in [0.05, 0.1) is 17.8 Å². The van der Waals surface area contributed by atoms with E-state index in [0.29, 0.717) is 37.0 Å². The Labute approximate surface area is 158 Å². The smallest absolute Gasteiger partial charge is 0.316 e. The zero-order valence-corrected chi connectivity index (χ0v) is 15.8. The number of carbonyl (C=O) groups is 1. The van der Waals surface area contributed by atoms with Crippen LogP contribution in [0.5, 0.6) is 6.01 Å². The van der Waals surface area contributed by atoms with Crippen LogP contribution < -0.4 is 4.74 Å². The molecule has 2 saturated heterocycles. The molecular weight excluding hydrogens is 346 g/mol. The SMILES string of the molecule is Cc1cc(C(=O)N2CCC3(CC2)CC(Oc2ncccn2)CCO3)c(C)o1. The largest absolute Gasteiger partial charge is 0.466 e. The van der Waals surface area contributed by atoms with Gasteiger partial charge in [-0.1, -0.05) is 0 Å². The third-order valence-electron chi connectivity index (χ3n) is 5.50. The minimum atomic E-state index is -0.226. The first-order valence-electron chi connectivity index (χ1n) is 9.49. The van der Waals surface area contributed by atoms with Crippen LogP contribution in [0.3, 0.4) is 0 Å². The Morgan fingerprint density at radius 1 is 1.26 bits per heavy atom. The van der Waals surface area contributed by atoms with Gasteiger partial charge in [0.25, 0.3) is 5.91 Å². The van der Waals surface area contributed by atoms with Gasteiger partial charge < -0.3 is 18.8 Å². The van der Waals surface area contributed by atoms with Crippen LogP contribution >= 0.6 is 0 Å². The minimum Gasteiger partial charge on any atom is -0.466 e. The van der Waals surface area contributed by atoms with Crippen molar-refractivity contribution in [1.82, 2.24) is 14.9 Å². The summed E-state index contributed by atoms with van der Waals surface area (Å²) in [5.41, 5.74) is 0.436. The summed E-state index contributed by atoms with van der Waals surface area (Å²) in [6, 6.07) is 4.01. The maximum Gasteiger partial charge on any atom is 0.316 e. The van der Waals surface area contributed by atoms with Gasteiger partial charge in [0, 0.05) is 38.3 Å². The number of aryl methyl sites for hydroxylation is 2. The lowest BCUT2D eigenvalue weighted by Gasteiger charge is -2.45. The standard InChI is InChI=1S/C20H25N3O4/c1-14-12-17(15(2)26-14)18(24)23-9-5-20(6-10-23)13-16(4-11-25-20)27-19-21-7-3-8-22-19/h3,7-8,12,16H,4-6,9-11,13H2,1-2H3. The van der Waals surface area contributed by atoms with E-state index in [1.165, 1.54) is 0 Å². The molecule has 2 aliphatic rings. The number of rotatable bonds is 3. The molecule has 144 valence electrons. The number of piperidine rings is 1. The van der Waals surface area contributed by atoms with Crippen molar-refractivity contribution in [3.63, 3.8) is 0 Å². The fourth-order valence-electron chi connectivity index (χ4n) is 4.06. The number of amides is 1. The molecule has 2 aliphatic heterocycles. The van der Waals surface area contributed by atoms with Crippen molar-refractivity contribution >= 4 is 5.91 Å². The Balaban J connectivity index is 1.37. The third-order valence-corrected chi connectivity index (χ3v) is 5.50. The second-order valence-electron chi connectivity index (χ2n) is 7.41. The predicted octanol–water partition coefficient (Wildman–Crippen LogP) is 2.92. The topological polar surface area (TPSA) is 77.7 Å². The Morgan fingerprint density at radius 3 is 2.67 bits per heavy atom. The number of hydrogen-bond acceptors (Lipinski definition) is 6. The first kappa shape index (κ1) is 18.0. The number of likely N-dealkylation sites (tertiary alicyclic amines) is 1. The van der Waals surface area contributed by atoms with Gasteiger partial charge in [0.2, 0.25) is 0 Å². The molecule has 0 bridgehead atoms. The van der Waals surface area contributed by atoms with Crippen LogP contribution in [0.2, 0.25) is 0 Å². The van der Waals surface area contributed by atoms with Crippen molar-refractivity contribution in [3.8, 4) is 6.01 Å². The highest BCUT2D eigenvalue weighted by atomic mass is 16.5. The molecular formula is C20H25N3O4. The number of aromatic nitrogens is 2. The van der Waals surface area contributed by atoms with E-state index >= 15 is 0 Å². The van der Waals surface area contributed by atoms with Crippen LogP contribution in [0.1, 0.15) is 47.6 Å². The summed E-state index contributed by atoms with van der Waals surface area (Å²) in [5, 5.41) is 0. The number of carbonyl (C=O) groups excluding carboxylic acids is 1. The van der Waals surface area contributed by atoms with Gasteiger partial charge in [0.15, 0.2) is 0 Å². The first-order chi connectivity index (χ1) is 13.0. The van der Waals surface area contributed by atoms with Crippen molar-refractivity contribution in [2.24, 2.45) is 0 Å². The molecule has 0 saturated carbocycles. The predicted molar refractivity (Wildman–Crippen MR) is 97.7 cm³/mol. The highest BCUT2D eigenvalue weighted by Crippen LogP contribution is 2.36. The Hall–Kier alpha value is -2.41. The van der Waals surface area contributed by atoms with E-state index in [1.54, 1.807) is 18.5 Å². The van der Waals surface area contributed by atoms with Crippen molar-refractivity contribution < 1.29 is 18.7 Å². The highest BCUT2D eigenvalue weighted by Gasteiger charge is 2.42. The highest BCUT2D eigenvalue weighted by molar-refractivity contribution is 5.95. The van der Waals surface area contributed by atoms with E-state index in [-0.39, 0.29) is 17.6 Å². The molecule has 4 heterocycles. The lowest BCUT2D eigenvalue weighted by Crippen LogP contribution is -2.52. The van der Waals surface area contributed by atoms with Gasteiger partial charge >= 0.3 is 6.01 Å². The van der Waals surface area contributed by atoms with Crippen LogP contribution in [0.25, 0.3) is 0 Å². The van der Waals surface area contributed by atoms with Gasteiger partial charge in [-0.2, -0.15) is 0 Å². The molecule has 2 aromatic heterocycles. The van der Waals surface area contributed by atoms with E-state index in [9.17, 15) is 4.79 Å². The summed E-state index contributed by atoms with van der Waals surface area (Å²) < 4.78 is 17.6. The average molecular weight is 371 g/mol. The summed E-state index contributed by atoms with van der Waals surface area (Å²) in [6.45, 7) is 5.71. The zero-order chi connectivity index (χ0) is 18.9. The number of furan rings is 1. The molecule has 1 unspecified atom stereocenters. The molecule has 2 fully saturated rings. The lowest BCUT2D eigenvalue weighted by molar-refractivity contribution is -0.136.